The SMILES string of the molecule is CCOC(=O)/C=C/[C@H](CC1CCNC1=O)NC(=O)[C@H](CC(C)C)NC(C)=O. The molecule has 3 N–H and O–H groups in total. The molecule has 0 aromatic heterocycles. The molecule has 0 saturated carbocycles. The van der Waals surface area contributed by atoms with Crippen LogP contribution in [0.4, 0.5) is 0 Å². The zero-order chi connectivity index (χ0) is 20.4. The molecule has 3 amide bonds. The average Bonchev–Trinajstić information content (AvgIpc) is 2.96. The van der Waals surface area contributed by atoms with Crippen molar-refractivity contribution in [3.05, 3.63) is 12.2 Å². The maximum absolute atomic E-state index is 12.7. The van der Waals surface area contributed by atoms with Crippen LogP contribution in [0.1, 0.15) is 47.0 Å². The molecule has 1 rings (SSSR count). The van der Waals surface area contributed by atoms with Crippen LogP contribution < -0.4 is 16.0 Å². The highest BCUT2D eigenvalue weighted by atomic mass is 16.5. The van der Waals surface area contributed by atoms with E-state index in [1.54, 1.807) is 13.0 Å². The molecule has 0 bridgehead atoms. The minimum Gasteiger partial charge on any atom is -0.463 e. The molecule has 0 aliphatic carbocycles. The van der Waals surface area contributed by atoms with E-state index in [9.17, 15) is 19.2 Å². The highest BCUT2D eigenvalue weighted by Crippen LogP contribution is 2.17. The van der Waals surface area contributed by atoms with Crippen molar-refractivity contribution in [3.8, 4) is 0 Å². The Kier molecular flexibility index (Phi) is 9.53. The fraction of sp³-hybridized carbons (Fsp3) is 0.684. The molecular weight excluding hydrogens is 350 g/mol. The number of nitrogens with one attached hydrogen (secondary N) is 3. The van der Waals surface area contributed by atoms with E-state index in [2.05, 4.69) is 16.0 Å². The Labute approximate surface area is 160 Å². The Morgan fingerprint density at radius 1 is 1.30 bits per heavy atom. The predicted octanol–water partition coefficient (Wildman–Crippen LogP) is 0.668. The van der Waals surface area contributed by atoms with Gasteiger partial charge in [0.15, 0.2) is 0 Å². The second-order valence-corrected chi connectivity index (χ2v) is 7.12. The summed E-state index contributed by atoms with van der Waals surface area (Å²) in [5.41, 5.74) is 0. The summed E-state index contributed by atoms with van der Waals surface area (Å²) in [6.07, 6.45) is 4.35. The van der Waals surface area contributed by atoms with Crippen LogP contribution in [0.3, 0.4) is 0 Å². The van der Waals surface area contributed by atoms with Gasteiger partial charge in [-0.25, -0.2) is 4.79 Å². The lowest BCUT2D eigenvalue weighted by Crippen LogP contribution is -2.49. The number of hydrogen-bond acceptors (Lipinski definition) is 5. The van der Waals surface area contributed by atoms with Gasteiger partial charge in [-0.1, -0.05) is 19.9 Å². The summed E-state index contributed by atoms with van der Waals surface area (Å²) >= 11 is 0. The van der Waals surface area contributed by atoms with Crippen molar-refractivity contribution in [1.29, 1.82) is 0 Å². The fourth-order valence-corrected chi connectivity index (χ4v) is 2.98. The van der Waals surface area contributed by atoms with Gasteiger partial charge >= 0.3 is 5.97 Å². The number of hydrogen-bond donors (Lipinski definition) is 3. The molecule has 1 aliphatic heterocycles. The monoisotopic (exact) mass is 381 g/mol. The number of carbonyl (C=O) groups is 4. The zero-order valence-electron chi connectivity index (χ0n) is 16.5. The van der Waals surface area contributed by atoms with Gasteiger partial charge in [-0.2, -0.15) is 0 Å². The number of esters is 1. The standard InChI is InChI=1S/C19H31N3O5/c1-5-27-17(24)7-6-15(11-14-8-9-20-18(14)25)22-19(26)16(10-12(2)3)21-13(4)23/h6-7,12,14-16H,5,8-11H2,1-4H3,(H,20,25)(H,21,23)(H,22,26)/b7-6+/t14?,15-,16+/m1/s1. The Morgan fingerprint density at radius 2 is 2.00 bits per heavy atom. The van der Waals surface area contributed by atoms with E-state index < -0.39 is 18.1 Å². The number of rotatable bonds is 10. The Morgan fingerprint density at radius 3 is 2.52 bits per heavy atom. The van der Waals surface area contributed by atoms with Gasteiger partial charge in [-0.05, 0) is 32.1 Å². The molecule has 27 heavy (non-hydrogen) atoms. The maximum atomic E-state index is 12.7. The lowest BCUT2D eigenvalue weighted by Gasteiger charge is -2.23. The van der Waals surface area contributed by atoms with Gasteiger partial charge < -0.3 is 20.7 Å². The van der Waals surface area contributed by atoms with Crippen LogP contribution in [0.5, 0.6) is 0 Å². The van der Waals surface area contributed by atoms with Crippen LogP contribution in [0, 0.1) is 11.8 Å². The first-order valence-electron chi connectivity index (χ1n) is 9.43. The first-order valence-corrected chi connectivity index (χ1v) is 9.43. The molecule has 1 aliphatic rings. The molecule has 1 saturated heterocycles. The van der Waals surface area contributed by atoms with Gasteiger partial charge in [-0.15, -0.1) is 0 Å². The van der Waals surface area contributed by atoms with Crippen molar-refractivity contribution >= 4 is 23.7 Å². The highest BCUT2D eigenvalue weighted by molar-refractivity contribution is 5.87. The molecule has 0 aromatic rings. The van der Waals surface area contributed by atoms with Gasteiger partial charge in [0.25, 0.3) is 0 Å². The van der Waals surface area contributed by atoms with E-state index in [1.165, 1.54) is 13.0 Å². The van der Waals surface area contributed by atoms with Crippen LogP contribution in [-0.4, -0.2) is 48.9 Å². The summed E-state index contributed by atoms with van der Waals surface area (Å²) in [5.74, 6) is -1.21. The van der Waals surface area contributed by atoms with Gasteiger partial charge in [0.2, 0.25) is 17.7 Å². The average molecular weight is 381 g/mol. The van der Waals surface area contributed by atoms with Gasteiger partial charge in [-0.3, -0.25) is 14.4 Å². The maximum Gasteiger partial charge on any atom is 0.330 e. The zero-order valence-corrected chi connectivity index (χ0v) is 16.5. The van der Waals surface area contributed by atoms with Crippen LogP contribution >= 0.6 is 0 Å². The minimum absolute atomic E-state index is 0.0561. The van der Waals surface area contributed by atoms with Crippen molar-refractivity contribution in [1.82, 2.24) is 16.0 Å². The molecular formula is C19H31N3O5. The Balaban J connectivity index is 2.85. The molecule has 8 nitrogen and oxygen atoms in total. The summed E-state index contributed by atoms with van der Waals surface area (Å²) in [7, 11) is 0. The normalized spacial score (nSPS) is 18.9. The summed E-state index contributed by atoms with van der Waals surface area (Å²) in [6, 6.07) is -1.18. The molecule has 3 atom stereocenters. The fourth-order valence-electron chi connectivity index (χ4n) is 2.98. The highest BCUT2D eigenvalue weighted by Gasteiger charge is 2.29. The van der Waals surface area contributed by atoms with E-state index in [1.807, 2.05) is 13.8 Å². The Bertz CT molecular complexity index is 574. The van der Waals surface area contributed by atoms with Crippen molar-refractivity contribution in [3.63, 3.8) is 0 Å². The lowest BCUT2D eigenvalue weighted by atomic mass is 9.97. The molecule has 152 valence electrons. The third-order valence-electron chi connectivity index (χ3n) is 4.18. The van der Waals surface area contributed by atoms with Crippen LogP contribution in [0.25, 0.3) is 0 Å². The number of ether oxygens (including phenoxy) is 1. The Hall–Kier alpha value is -2.38. The van der Waals surface area contributed by atoms with Crippen LogP contribution in [0.2, 0.25) is 0 Å². The largest absolute Gasteiger partial charge is 0.463 e. The topological polar surface area (TPSA) is 114 Å². The lowest BCUT2D eigenvalue weighted by molar-refractivity contribution is -0.137. The van der Waals surface area contributed by atoms with Gasteiger partial charge in [0.1, 0.15) is 6.04 Å². The smallest absolute Gasteiger partial charge is 0.330 e. The second-order valence-electron chi connectivity index (χ2n) is 7.12. The molecule has 0 aromatic carbocycles. The third-order valence-corrected chi connectivity index (χ3v) is 4.18. The molecule has 0 radical (unpaired) electrons. The van der Waals surface area contributed by atoms with E-state index in [0.717, 1.165) is 0 Å². The number of carbonyl (C=O) groups excluding carboxylic acids is 4. The van der Waals surface area contributed by atoms with Crippen molar-refractivity contribution in [2.75, 3.05) is 13.2 Å². The van der Waals surface area contributed by atoms with E-state index in [-0.39, 0.29) is 36.2 Å². The van der Waals surface area contributed by atoms with Crippen molar-refractivity contribution in [2.45, 2.75) is 59.0 Å². The van der Waals surface area contributed by atoms with Crippen LogP contribution in [0.15, 0.2) is 12.2 Å². The number of amides is 3. The summed E-state index contributed by atoms with van der Waals surface area (Å²) in [6.45, 7) is 7.85. The first-order chi connectivity index (χ1) is 12.7. The van der Waals surface area contributed by atoms with Gasteiger partial charge in [0.05, 0.1) is 6.61 Å². The molecule has 0 spiro atoms. The second kappa shape index (κ2) is 11.4. The van der Waals surface area contributed by atoms with Crippen LogP contribution in [-0.2, 0) is 23.9 Å². The quantitative estimate of drug-likeness (QED) is 0.380. The predicted molar refractivity (Wildman–Crippen MR) is 100 cm³/mol. The van der Waals surface area contributed by atoms with E-state index in [0.29, 0.717) is 25.8 Å². The molecule has 1 unspecified atom stereocenters. The van der Waals surface area contributed by atoms with Gasteiger partial charge in [0, 0.05) is 31.5 Å². The molecule has 8 heteroatoms. The third kappa shape index (κ3) is 8.70. The molecule has 1 fully saturated rings. The molecule has 1 heterocycles. The summed E-state index contributed by atoms with van der Waals surface area (Å²) < 4.78 is 4.87. The summed E-state index contributed by atoms with van der Waals surface area (Å²) in [4.78, 5) is 47.6. The summed E-state index contributed by atoms with van der Waals surface area (Å²) in [5, 5.41) is 8.27. The minimum atomic E-state index is -0.668. The van der Waals surface area contributed by atoms with E-state index in [4.69, 9.17) is 4.74 Å². The van der Waals surface area contributed by atoms with Crippen molar-refractivity contribution in [2.24, 2.45) is 11.8 Å². The van der Waals surface area contributed by atoms with Crippen molar-refractivity contribution < 1.29 is 23.9 Å². The van der Waals surface area contributed by atoms with E-state index >= 15 is 0 Å². The first kappa shape index (κ1) is 22.7.